The molecule has 0 spiro atoms. The van der Waals surface area contributed by atoms with Gasteiger partial charge < -0.3 is 0 Å². The van der Waals surface area contributed by atoms with Crippen LogP contribution in [0.5, 0.6) is 0 Å². The van der Waals surface area contributed by atoms with E-state index in [1.165, 1.54) is 31.4 Å². The van der Waals surface area contributed by atoms with Crippen LogP contribution in [0.2, 0.25) is 0 Å². The van der Waals surface area contributed by atoms with Gasteiger partial charge in [0.1, 0.15) is 11.6 Å². The second-order valence-corrected chi connectivity index (χ2v) is 6.54. The fourth-order valence-electron chi connectivity index (χ4n) is 3.02. The van der Waals surface area contributed by atoms with Crippen LogP contribution in [0.1, 0.15) is 44.6 Å². The third kappa shape index (κ3) is 4.01. The standard InChI is InChI=1S/C16H22BrF2N/c1-2-4-12-5-3-9-20(10-8-12)11-13-15(18)7-6-14(17)16(13)19/h6-7,12H,2-5,8-11H2,1H3. The van der Waals surface area contributed by atoms with Crippen molar-refractivity contribution in [1.29, 1.82) is 0 Å². The van der Waals surface area contributed by atoms with E-state index >= 15 is 0 Å². The number of hydrogen-bond donors (Lipinski definition) is 0. The molecule has 1 heterocycles. The topological polar surface area (TPSA) is 3.24 Å². The van der Waals surface area contributed by atoms with Crippen LogP contribution in [-0.4, -0.2) is 18.0 Å². The summed E-state index contributed by atoms with van der Waals surface area (Å²) in [5, 5.41) is 0. The Kier molecular flexibility index (Phi) is 5.97. The molecule has 2 rings (SSSR count). The highest BCUT2D eigenvalue weighted by molar-refractivity contribution is 9.10. The Balaban J connectivity index is 2.02. The third-order valence-electron chi connectivity index (χ3n) is 4.16. The fraction of sp³-hybridized carbons (Fsp3) is 0.625. The molecular weight excluding hydrogens is 324 g/mol. The van der Waals surface area contributed by atoms with Gasteiger partial charge in [0.15, 0.2) is 0 Å². The Morgan fingerprint density at radius 3 is 2.80 bits per heavy atom. The smallest absolute Gasteiger partial charge is 0.144 e. The van der Waals surface area contributed by atoms with Gasteiger partial charge in [-0.3, -0.25) is 4.90 Å². The zero-order chi connectivity index (χ0) is 14.5. The normalized spacial score (nSPS) is 20.9. The highest BCUT2D eigenvalue weighted by Crippen LogP contribution is 2.26. The lowest BCUT2D eigenvalue weighted by Crippen LogP contribution is -2.25. The Morgan fingerprint density at radius 2 is 2.05 bits per heavy atom. The number of halogens is 3. The van der Waals surface area contributed by atoms with Crippen molar-refractivity contribution in [2.24, 2.45) is 5.92 Å². The molecule has 1 fully saturated rings. The van der Waals surface area contributed by atoms with Crippen LogP contribution in [0.3, 0.4) is 0 Å². The third-order valence-corrected chi connectivity index (χ3v) is 4.77. The highest BCUT2D eigenvalue weighted by atomic mass is 79.9. The molecule has 1 nitrogen and oxygen atoms in total. The molecule has 0 aliphatic carbocycles. The van der Waals surface area contributed by atoms with Crippen LogP contribution in [-0.2, 0) is 6.54 Å². The Labute approximate surface area is 128 Å². The summed E-state index contributed by atoms with van der Waals surface area (Å²) in [6.45, 7) is 4.46. The molecule has 1 aromatic carbocycles. The van der Waals surface area contributed by atoms with Gasteiger partial charge in [-0.1, -0.05) is 19.8 Å². The monoisotopic (exact) mass is 345 g/mol. The van der Waals surface area contributed by atoms with Crippen LogP contribution in [0.25, 0.3) is 0 Å². The number of rotatable bonds is 4. The van der Waals surface area contributed by atoms with Crippen LogP contribution < -0.4 is 0 Å². The summed E-state index contributed by atoms with van der Waals surface area (Å²) in [4.78, 5) is 2.18. The van der Waals surface area contributed by atoms with Gasteiger partial charge in [0.2, 0.25) is 0 Å². The van der Waals surface area contributed by atoms with Gasteiger partial charge in [0.05, 0.1) is 4.47 Å². The summed E-state index contributed by atoms with van der Waals surface area (Å²) in [6.07, 6.45) is 6.01. The predicted octanol–water partition coefficient (Wildman–Crippen LogP) is 5.13. The van der Waals surface area contributed by atoms with Gasteiger partial charge in [-0.15, -0.1) is 0 Å². The summed E-state index contributed by atoms with van der Waals surface area (Å²) < 4.78 is 28.1. The molecule has 0 aromatic heterocycles. The summed E-state index contributed by atoms with van der Waals surface area (Å²) in [6, 6.07) is 2.76. The maximum Gasteiger partial charge on any atom is 0.144 e. The van der Waals surface area contributed by atoms with Crippen molar-refractivity contribution in [1.82, 2.24) is 4.90 Å². The lowest BCUT2D eigenvalue weighted by molar-refractivity contribution is 0.263. The number of likely N-dealkylation sites (tertiary alicyclic amines) is 1. The Hall–Kier alpha value is -0.480. The van der Waals surface area contributed by atoms with E-state index in [0.29, 0.717) is 11.0 Å². The van der Waals surface area contributed by atoms with Gasteiger partial charge in [-0.25, -0.2) is 8.78 Å². The molecule has 1 saturated heterocycles. The minimum atomic E-state index is -0.459. The van der Waals surface area contributed by atoms with Crippen LogP contribution in [0, 0.1) is 17.6 Å². The van der Waals surface area contributed by atoms with E-state index < -0.39 is 11.6 Å². The van der Waals surface area contributed by atoms with E-state index in [9.17, 15) is 8.78 Å². The number of nitrogens with zero attached hydrogens (tertiary/aromatic N) is 1. The molecule has 0 bridgehead atoms. The molecule has 0 amide bonds. The quantitative estimate of drug-likeness (QED) is 0.683. The lowest BCUT2D eigenvalue weighted by Gasteiger charge is -2.21. The van der Waals surface area contributed by atoms with Gasteiger partial charge >= 0.3 is 0 Å². The van der Waals surface area contributed by atoms with Crippen molar-refractivity contribution in [3.8, 4) is 0 Å². The SMILES string of the molecule is CCCC1CCCN(Cc2c(F)ccc(Br)c2F)CC1. The Bertz CT molecular complexity index is 450. The maximum atomic E-state index is 14.0. The van der Waals surface area contributed by atoms with E-state index in [4.69, 9.17) is 0 Å². The predicted molar refractivity (Wildman–Crippen MR) is 81.6 cm³/mol. The maximum absolute atomic E-state index is 14.0. The van der Waals surface area contributed by atoms with Crippen molar-refractivity contribution in [2.45, 2.75) is 45.6 Å². The molecule has 1 aliphatic rings. The molecule has 4 heteroatoms. The van der Waals surface area contributed by atoms with Gasteiger partial charge in [-0.2, -0.15) is 0 Å². The molecule has 0 N–H and O–H groups in total. The summed E-state index contributed by atoms with van der Waals surface area (Å²) in [5.41, 5.74) is 0.188. The molecule has 0 radical (unpaired) electrons. The van der Waals surface area contributed by atoms with Crippen LogP contribution in [0.4, 0.5) is 8.78 Å². The van der Waals surface area contributed by atoms with E-state index in [0.717, 1.165) is 31.8 Å². The second kappa shape index (κ2) is 7.51. The van der Waals surface area contributed by atoms with Crippen molar-refractivity contribution >= 4 is 15.9 Å². The van der Waals surface area contributed by atoms with Gasteiger partial charge in [-0.05, 0) is 66.3 Å². The van der Waals surface area contributed by atoms with E-state index in [2.05, 4.69) is 27.8 Å². The molecule has 1 atom stereocenters. The van der Waals surface area contributed by atoms with E-state index in [1.807, 2.05) is 0 Å². The summed E-state index contributed by atoms with van der Waals surface area (Å²) in [7, 11) is 0. The van der Waals surface area contributed by atoms with Crippen molar-refractivity contribution in [3.63, 3.8) is 0 Å². The highest BCUT2D eigenvalue weighted by Gasteiger charge is 2.20. The molecule has 0 saturated carbocycles. The summed E-state index contributed by atoms with van der Waals surface area (Å²) in [5.74, 6) is -0.124. The van der Waals surface area contributed by atoms with Crippen LogP contribution in [0.15, 0.2) is 16.6 Å². The average molecular weight is 346 g/mol. The van der Waals surface area contributed by atoms with Crippen molar-refractivity contribution < 1.29 is 8.78 Å². The largest absolute Gasteiger partial charge is 0.299 e. The minimum Gasteiger partial charge on any atom is -0.299 e. The van der Waals surface area contributed by atoms with E-state index in [1.54, 1.807) is 0 Å². The molecular formula is C16H22BrF2N. The lowest BCUT2D eigenvalue weighted by atomic mass is 9.96. The first-order chi connectivity index (χ1) is 9.61. The molecule has 112 valence electrons. The molecule has 1 unspecified atom stereocenters. The first kappa shape index (κ1) is 15.9. The average Bonchev–Trinajstić information content (AvgIpc) is 2.65. The van der Waals surface area contributed by atoms with Crippen LogP contribution >= 0.6 is 15.9 Å². The molecule has 1 aromatic rings. The number of benzene rings is 1. The fourth-order valence-corrected chi connectivity index (χ4v) is 3.39. The first-order valence-electron chi connectivity index (χ1n) is 7.46. The first-order valence-corrected chi connectivity index (χ1v) is 8.25. The minimum absolute atomic E-state index is 0.188. The zero-order valence-corrected chi connectivity index (χ0v) is 13.6. The summed E-state index contributed by atoms with van der Waals surface area (Å²) >= 11 is 3.13. The second-order valence-electron chi connectivity index (χ2n) is 5.68. The Morgan fingerprint density at radius 1 is 1.25 bits per heavy atom. The zero-order valence-electron chi connectivity index (χ0n) is 12.0. The van der Waals surface area contributed by atoms with Gasteiger partial charge in [0.25, 0.3) is 0 Å². The van der Waals surface area contributed by atoms with E-state index in [-0.39, 0.29) is 5.56 Å². The van der Waals surface area contributed by atoms with Gasteiger partial charge in [0, 0.05) is 12.1 Å². The van der Waals surface area contributed by atoms with Crippen molar-refractivity contribution in [3.05, 3.63) is 33.8 Å². The molecule has 20 heavy (non-hydrogen) atoms. The van der Waals surface area contributed by atoms with Crippen molar-refractivity contribution in [2.75, 3.05) is 13.1 Å². The number of hydrogen-bond acceptors (Lipinski definition) is 1. The molecule has 1 aliphatic heterocycles.